The highest BCUT2D eigenvalue weighted by molar-refractivity contribution is 8.00. The lowest BCUT2D eigenvalue weighted by molar-refractivity contribution is 0.0728. The van der Waals surface area contributed by atoms with Crippen LogP contribution in [0, 0.1) is 0 Å². The van der Waals surface area contributed by atoms with Crippen molar-refractivity contribution in [3.63, 3.8) is 0 Å². The second-order valence-corrected chi connectivity index (χ2v) is 6.74. The van der Waals surface area contributed by atoms with Crippen molar-refractivity contribution in [1.29, 1.82) is 0 Å². The zero-order valence-corrected chi connectivity index (χ0v) is 13.1. The number of carbonyl (C=O) groups excluding carboxylic acids is 1. The summed E-state index contributed by atoms with van der Waals surface area (Å²) in [5.74, 6) is 0.819. The first-order valence-corrected chi connectivity index (χ1v) is 8.19. The van der Waals surface area contributed by atoms with Crippen LogP contribution in [-0.2, 0) is 0 Å². The van der Waals surface area contributed by atoms with Gasteiger partial charge >= 0.3 is 0 Å². The van der Waals surface area contributed by atoms with Gasteiger partial charge in [0, 0.05) is 26.2 Å². The molecule has 0 aromatic carbocycles. The van der Waals surface area contributed by atoms with Gasteiger partial charge in [0.2, 0.25) is 0 Å². The van der Waals surface area contributed by atoms with Gasteiger partial charge < -0.3 is 9.32 Å². The SMILES string of the molecule is CN1CCN(C(c2ccco2)C2Sc3ncnn3C2=O)CC1. The lowest BCUT2D eigenvalue weighted by atomic mass is 10.1. The number of fused-ring (bicyclic) bond motifs is 1. The van der Waals surface area contributed by atoms with Gasteiger partial charge in [0.1, 0.15) is 17.3 Å². The van der Waals surface area contributed by atoms with Crippen molar-refractivity contribution in [3.05, 3.63) is 30.5 Å². The summed E-state index contributed by atoms with van der Waals surface area (Å²) in [6, 6.07) is 3.75. The van der Waals surface area contributed by atoms with Crippen LogP contribution in [0.3, 0.4) is 0 Å². The van der Waals surface area contributed by atoms with Crippen LogP contribution in [0.5, 0.6) is 0 Å². The van der Waals surface area contributed by atoms with Crippen molar-refractivity contribution in [1.82, 2.24) is 24.6 Å². The van der Waals surface area contributed by atoms with E-state index in [4.69, 9.17) is 4.42 Å². The topological polar surface area (TPSA) is 67.4 Å². The Hall–Kier alpha value is -1.64. The number of hydrogen-bond donors (Lipinski definition) is 0. The summed E-state index contributed by atoms with van der Waals surface area (Å²) in [7, 11) is 2.12. The minimum atomic E-state index is -0.259. The first kappa shape index (κ1) is 14.0. The molecule has 2 aliphatic rings. The number of aromatic nitrogens is 3. The fraction of sp³-hybridized carbons (Fsp3) is 0.500. The van der Waals surface area contributed by atoms with E-state index in [0.717, 1.165) is 31.9 Å². The molecule has 2 atom stereocenters. The third kappa shape index (κ3) is 2.27. The zero-order valence-electron chi connectivity index (χ0n) is 12.3. The molecule has 4 heterocycles. The summed E-state index contributed by atoms with van der Waals surface area (Å²) < 4.78 is 7.05. The molecule has 0 spiro atoms. The Bertz CT molecular complexity index is 663. The van der Waals surface area contributed by atoms with Crippen LogP contribution >= 0.6 is 11.8 Å². The van der Waals surface area contributed by atoms with Crippen LogP contribution in [0.15, 0.2) is 34.3 Å². The molecule has 0 radical (unpaired) electrons. The number of hydrogen-bond acceptors (Lipinski definition) is 7. The van der Waals surface area contributed by atoms with Gasteiger partial charge in [0.05, 0.1) is 12.3 Å². The second kappa shape index (κ2) is 5.53. The highest BCUT2D eigenvalue weighted by Crippen LogP contribution is 2.40. The number of thioether (sulfide) groups is 1. The Morgan fingerprint density at radius 1 is 1.36 bits per heavy atom. The van der Waals surface area contributed by atoms with Gasteiger partial charge in [-0.05, 0) is 19.2 Å². The molecule has 0 bridgehead atoms. The van der Waals surface area contributed by atoms with E-state index in [0.29, 0.717) is 5.16 Å². The molecule has 1 fully saturated rings. The van der Waals surface area contributed by atoms with Crippen LogP contribution in [0.1, 0.15) is 16.6 Å². The smallest absolute Gasteiger partial charge is 0.265 e. The van der Waals surface area contributed by atoms with E-state index in [1.807, 2.05) is 12.1 Å². The molecule has 2 aliphatic heterocycles. The summed E-state index contributed by atoms with van der Waals surface area (Å²) in [4.78, 5) is 21.4. The standard InChI is InChI=1S/C14H17N5O2S/c1-17-4-6-18(7-5-17)11(10-3-2-8-21-10)12-13(20)19-14(22-12)15-9-16-19/h2-3,8-9,11-12H,4-7H2,1H3. The molecule has 0 amide bonds. The van der Waals surface area contributed by atoms with Crippen LogP contribution in [0.25, 0.3) is 0 Å². The molecule has 2 unspecified atom stereocenters. The molecule has 8 heteroatoms. The van der Waals surface area contributed by atoms with E-state index >= 15 is 0 Å². The minimum absolute atomic E-state index is 0.0159. The maximum absolute atomic E-state index is 12.7. The van der Waals surface area contributed by atoms with Gasteiger partial charge in [0.15, 0.2) is 5.16 Å². The molecule has 0 N–H and O–H groups in total. The van der Waals surface area contributed by atoms with Crippen molar-refractivity contribution in [2.24, 2.45) is 0 Å². The number of piperazine rings is 1. The van der Waals surface area contributed by atoms with E-state index in [1.54, 1.807) is 6.26 Å². The molecule has 1 saturated heterocycles. The Morgan fingerprint density at radius 3 is 2.86 bits per heavy atom. The highest BCUT2D eigenvalue weighted by atomic mass is 32.2. The maximum atomic E-state index is 12.7. The van der Waals surface area contributed by atoms with E-state index in [2.05, 4.69) is 26.9 Å². The number of nitrogens with zero attached hydrogens (tertiary/aromatic N) is 5. The molecule has 116 valence electrons. The molecular weight excluding hydrogens is 302 g/mol. The zero-order chi connectivity index (χ0) is 15.1. The van der Waals surface area contributed by atoms with Crippen molar-refractivity contribution in [2.45, 2.75) is 16.4 Å². The van der Waals surface area contributed by atoms with Gasteiger partial charge in [-0.25, -0.2) is 4.98 Å². The largest absolute Gasteiger partial charge is 0.468 e. The Labute approximate surface area is 132 Å². The molecule has 2 aromatic heterocycles. The highest BCUT2D eigenvalue weighted by Gasteiger charge is 2.44. The molecule has 4 rings (SSSR count). The van der Waals surface area contributed by atoms with Crippen molar-refractivity contribution in [2.75, 3.05) is 33.2 Å². The minimum Gasteiger partial charge on any atom is -0.468 e. The monoisotopic (exact) mass is 319 g/mol. The van der Waals surface area contributed by atoms with E-state index in [1.165, 1.54) is 22.8 Å². The van der Waals surface area contributed by atoms with Crippen molar-refractivity contribution < 1.29 is 9.21 Å². The van der Waals surface area contributed by atoms with Gasteiger partial charge in [-0.2, -0.15) is 9.78 Å². The predicted octanol–water partition coefficient (Wildman–Crippen LogP) is 0.974. The summed E-state index contributed by atoms with van der Waals surface area (Å²) in [6.07, 6.45) is 3.09. The van der Waals surface area contributed by atoms with E-state index in [9.17, 15) is 4.79 Å². The van der Waals surface area contributed by atoms with Crippen molar-refractivity contribution in [3.8, 4) is 0 Å². The van der Waals surface area contributed by atoms with Gasteiger partial charge in [-0.1, -0.05) is 11.8 Å². The molecular formula is C14H17N5O2S. The molecule has 0 saturated carbocycles. The Morgan fingerprint density at radius 2 is 2.18 bits per heavy atom. The fourth-order valence-corrected chi connectivity index (χ4v) is 4.23. The van der Waals surface area contributed by atoms with Gasteiger partial charge in [0.25, 0.3) is 5.91 Å². The normalized spacial score (nSPS) is 24.6. The molecule has 0 aliphatic carbocycles. The molecule has 22 heavy (non-hydrogen) atoms. The van der Waals surface area contributed by atoms with Gasteiger partial charge in [-0.15, -0.1) is 0 Å². The number of carbonyl (C=O) groups is 1. The average Bonchev–Trinajstić information content (AvgIpc) is 3.23. The number of rotatable bonds is 3. The van der Waals surface area contributed by atoms with Crippen molar-refractivity contribution >= 4 is 17.7 Å². The third-order valence-electron chi connectivity index (χ3n) is 4.25. The Balaban J connectivity index is 1.64. The number of likely N-dealkylation sites (N-methyl/N-ethyl adjacent to an activating group) is 1. The average molecular weight is 319 g/mol. The first-order valence-electron chi connectivity index (χ1n) is 7.31. The summed E-state index contributed by atoms with van der Waals surface area (Å²) in [6.45, 7) is 3.82. The van der Waals surface area contributed by atoms with E-state index < -0.39 is 0 Å². The molecule has 7 nitrogen and oxygen atoms in total. The van der Waals surface area contributed by atoms with E-state index in [-0.39, 0.29) is 17.2 Å². The third-order valence-corrected chi connectivity index (χ3v) is 5.46. The number of furan rings is 1. The first-order chi connectivity index (χ1) is 10.7. The lowest BCUT2D eigenvalue weighted by Crippen LogP contribution is -2.49. The summed E-state index contributed by atoms with van der Waals surface area (Å²) >= 11 is 1.48. The van der Waals surface area contributed by atoms with Crippen LogP contribution in [-0.4, -0.2) is 68.9 Å². The summed E-state index contributed by atoms with van der Waals surface area (Å²) in [5, 5.41) is 4.44. The predicted molar refractivity (Wildman–Crippen MR) is 80.8 cm³/mol. The molecule has 2 aromatic rings. The van der Waals surface area contributed by atoms with Crippen LogP contribution in [0.2, 0.25) is 0 Å². The van der Waals surface area contributed by atoms with Gasteiger partial charge in [-0.3, -0.25) is 9.69 Å². The fourth-order valence-electron chi connectivity index (χ4n) is 3.03. The second-order valence-electron chi connectivity index (χ2n) is 5.63. The van der Waals surface area contributed by atoms with Crippen LogP contribution in [0.4, 0.5) is 0 Å². The lowest BCUT2D eigenvalue weighted by Gasteiger charge is -2.38. The quantitative estimate of drug-likeness (QED) is 0.835. The maximum Gasteiger partial charge on any atom is 0.265 e. The van der Waals surface area contributed by atoms with Crippen LogP contribution < -0.4 is 0 Å². The Kier molecular flexibility index (Phi) is 3.51. The summed E-state index contributed by atoms with van der Waals surface area (Å²) in [5.41, 5.74) is 0.